The first-order valence-corrected chi connectivity index (χ1v) is 10.3. The fourth-order valence-corrected chi connectivity index (χ4v) is 3.51. The smallest absolute Gasteiger partial charge is 0.172 e. The highest BCUT2D eigenvalue weighted by atomic mass is 15.9. The van der Waals surface area contributed by atoms with Crippen LogP contribution in [0.3, 0.4) is 0 Å². The van der Waals surface area contributed by atoms with Crippen LogP contribution in [0.15, 0.2) is 120 Å². The zero-order chi connectivity index (χ0) is 20.9. The summed E-state index contributed by atoms with van der Waals surface area (Å²) in [6.07, 6.45) is 4.25. The standard InChI is InChI=1S/C27H22N4/c1-4-10-22(11-5-1)16-17-23-18-20-26(21-19-23)31-29-27(24-12-6-2-7-13-24)28-30(31)25-14-8-3-9-15-25/h1-21H,(H,28,29)/p+1/b17-16+. The third-order valence-electron chi connectivity index (χ3n) is 5.13. The summed E-state index contributed by atoms with van der Waals surface area (Å²) in [6.45, 7) is 0. The van der Waals surface area contributed by atoms with Gasteiger partial charge in [0.05, 0.1) is 11.3 Å². The van der Waals surface area contributed by atoms with Crippen molar-refractivity contribution in [1.29, 1.82) is 0 Å². The lowest BCUT2D eigenvalue weighted by molar-refractivity contribution is -0.545. The number of nitrogens with zero attached hydrogens (tertiary/aromatic N) is 3. The number of benzene rings is 4. The summed E-state index contributed by atoms with van der Waals surface area (Å²) in [5.41, 5.74) is 7.57. The summed E-state index contributed by atoms with van der Waals surface area (Å²) in [5.74, 6) is 0.928. The molecule has 150 valence electrons. The number of hydrazone groups is 1. The molecule has 4 heteroatoms. The Morgan fingerprint density at radius 2 is 1.10 bits per heavy atom. The van der Waals surface area contributed by atoms with Crippen molar-refractivity contribution in [3.8, 4) is 0 Å². The molecule has 0 amide bonds. The van der Waals surface area contributed by atoms with Crippen molar-refractivity contribution in [2.75, 3.05) is 10.2 Å². The summed E-state index contributed by atoms with van der Waals surface area (Å²) < 4.78 is 0. The first-order valence-electron chi connectivity index (χ1n) is 10.3. The highest BCUT2D eigenvalue weighted by molar-refractivity contribution is 5.93. The number of nitrogens with two attached hydrogens (primary N) is 1. The van der Waals surface area contributed by atoms with Gasteiger partial charge in [-0.25, -0.2) is 0 Å². The predicted molar refractivity (Wildman–Crippen MR) is 128 cm³/mol. The first kappa shape index (κ1) is 18.9. The second-order valence-electron chi connectivity index (χ2n) is 7.29. The van der Waals surface area contributed by atoms with Gasteiger partial charge >= 0.3 is 0 Å². The van der Waals surface area contributed by atoms with E-state index in [0.717, 1.165) is 28.3 Å². The topological polar surface area (TPSA) is 35.5 Å². The molecule has 0 fully saturated rings. The number of rotatable bonds is 5. The highest BCUT2D eigenvalue weighted by Gasteiger charge is 2.30. The monoisotopic (exact) mass is 403 g/mol. The molecule has 0 saturated carbocycles. The summed E-state index contributed by atoms with van der Waals surface area (Å²) >= 11 is 0. The Hall–Kier alpha value is -4.15. The summed E-state index contributed by atoms with van der Waals surface area (Å²) in [7, 11) is 0. The molecule has 4 aromatic rings. The van der Waals surface area contributed by atoms with Crippen LogP contribution in [-0.2, 0) is 0 Å². The maximum absolute atomic E-state index is 4.91. The van der Waals surface area contributed by atoms with E-state index in [1.165, 1.54) is 5.56 Å². The number of para-hydroxylation sites is 1. The first-order chi connectivity index (χ1) is 15.4. The van der Waals surface area contributed by atoms with E-state index in [9.17, 15) is 0 Å². The van der Waals surface area contributed by atoms with Crippen LogP contribution in [0.5, 0.6) is 0 Å². The summed E-state index contributed by atoms with van der Waals surface area (Å²) in [6, 6.07) is 39.3. The molecule has 5 rings (SSSR count). The fraction of sp³-hybridized carbons (Fsp3) is 0. The third-order valence-corrected chi connectivity index (χ3v) is 5.13. The molecule has 1 aliphatic heterocycles. The van der Waals surface area contributed by atoms with E-state index >= 15 is 0 Å². The van der Waals surface area contributed by atoms with Gasteiger partial charge in [0.15, 0.2) is 0 Å². The molecule has 0 atom stereocenters. The SMILES string of the molecule is C(=C\c1ccc(N2N=C(c3ccccc3)[NH2+]N2c2ccccc2)cc1)/c1ccccc1. The van der Waals surface area contributed by atoms with Crippen LogP contribution >= 0.6 is 0 Å². The number of anilines is 2. The van der Waals surface area contributed by atoms with E-state index in [4.69, 9.17) is 5.10 Å². The van der Waals surface area contributed by atoms with Crippen molar-refractivity contribution in [2.24, 2.45) is 5.10 Å². The van der Waals surface area contributed by atoms with Gasteiger partial charge in [0, 0.05) is 0 Å². The zero-order valence-electron chi connectivity index (χ0n) is 17.0. The lowest BCUT2D eigenvalue weighted by Crippen LogP contribution is -2.96. The molecule has 0 bridgehead atoms. The molecule has 0 unspecified atom stereocenters. The summed E-state index contributed by atoms with van der Waals surface area (Å²) in [5, 5.41) is 8.94. The number of amidine groups is 1. The lowest BCUT2D eigenvalue weighted by Gasteiger charge is -2.23. The van der Waals surface area contributed by atoms with E-state index in [1.807, 2.05) is 59.7 Å². The Bertz CT molecular complexity index is 1180. The molecule has 0 aliphatic carbocycles. The lowest BCUT2D eigenvalue weighted by atomic mass is 10.1. The Morgan fingerprint density at radius 1 is 0.548 bits per heavy atom. The van der Waals surface area contributed by atoms with Gasteiger partial charge in [0.2, 0.25) is 0 Å². The molecular formula is C27H23N4+. The maximum atomic E-state index is 4.91. The number of hydrogen-bond donors (Lipinski definition) is 1. The van der Waals surface area contributed by atoms with Crippen LogP contribution in [0.1, 0.15) is 16.7 Å². The van der Waals surface area contributed by atoms with Crippen LogP contribution in [-0.4, -0.2) is 5.84 Å². The van der Waals surface area contributed by atoms with E-state index in [-0.39, 0.29) is 0 Å². The Balaban J connectivity index is 1.44. The van der Waals surface area contributed by atoms with Gasteiger partial charge in [0.25, 0.3) is 5.84 Å². The largest absolute Gasteiger partial charge is 0.277 e. The van der Waals surface area contributed by atoms with Crippen molar-refractivity contribution in [1.82, 2.24) is 0 Å². The van der Waals surface area contributed by atoms with Crippen LogP contribution in [0.4, 0.5) is 11.4 Å². The Kier molecular flexibility index (Phi) is 5.29. The van der Waals surface area contributed by atoms with Crippen LogP contribution in [0.25, 0.3) is 12.2 Å². The molecule has 0 aromatic heterocycles. The Morgan fingerprint density at radius 3 is 1.74 bits per heavy atom. The average molecular weight is 404 g/mol. The third kappa shape index (κ3) is 4.25. The molecule has 0 spiro atoms. The van der Waals surface area contributed by atoms with Gasteiger partial charge in [0.1, 0.15) is 5.69 Å². The second-order valence-corrected chi connectivity index (χ2v) is 7.29. The van der Waals surface area contributed by atoms with Crippen LogP contribution in [0, 0.1) is 0 Å². The second kappa shape index (κ2) is 8.69. The molecule has 4 aromatic carbocycles. The van der Waals surface area contributed by atoms with Gasteiger partial charge in [-0.05, 0) is 47.5 Å². The van der Waals surface area contributed by atoms with E-state index < -0.39 is 0 Å². The van der Waals surface area contributed by atoms with E-state index in [0.29, 0.717) is 0 Å². The minimum absolute atomic E-state index is 0.928. The van der Waals surface area contributed by atoms with Gasteiger partial charge < -0.3 is 0 Å². The van der Waals surface area contributed by atoms with Gasteiger partial charge in [-0.1, -0.05) is 96.1 Å². The van der Waals surface area contributed by atoms with Crippen molar-refractivity contribution < 1.29 is 5.43 Å². The minimum Gasteiger partial charge on any atom is -0.172 e. The van der Waals surface area contributed by atoms with Gasteiger partial charge in [-0.3, -0.25) is 0 Å². The molecule has 2 N–H and O–H groups in total. The summed E-state index contributed by atoms with van der Waals surface area (Å²) in [4.78, 5) is 0. The fourth-order valence-electron chi connectivity index (χ4n) is 3.51. The normalized spacial score (nSPS) is 13.6. The van der Waals surface area contributed by atoms with E-state index in [2.05, 4.69) is 83.4 Å². The molecule has 0 radical (unpaired) electrons. The quantitative estimate of drug-likeness (QED) is 0.378. The van der Waals surface area contributed by atoms with Crippen LogP contribution < -0.4 is 15.7 Å². The molecule has 1 heterocycles. The zero-order valence-corrected chi connectivity index (χ0v) is 17.0. The number of hydrazine groups is 1. The molecule has 4 nitrogen and oxygen atoms in total. The molecule has 0 saturated heterocycles. The number of quaternary nitrogens is 1. The minimum atomic E-state index is 0.928. The van der Waals surface area contributed by atoms with Crippen LogP contribution in [0.2, 0.25) is 0 Å². The average Bonchev–Trinajstić information content (AvgIpc) is 3.30. The van der Waals surface area contributed by atoms with Gasteiger partial charge in [-0.2, -0.15) is 5.43 Å². The molecule has 1 aliphatic rings. The van der Waals surface area contributed by atoms with Gasteiger partial charge in [-0.15, -0.1) is 10.2 Å². The van der Waals surface area contributed by atoms with Crippen molar-refractivity contribution in [3.05, 3.63) is 132 Å². The molecule has 31 heavy (non-hydrogen) atoms. The highest BCUT2D eigenvalue weighted by Crippen LogP contribution is 2.23. The molecular weight excluding hydrogens is 380 g/mol. The van der Waals surface area contributed by atoms with E-state index in [1.54, 1.807) is 0 Å². The van der Waals surface area contributed by atoms with Crippen molar-refractivity contribution in [3.63, 3.8) is 0 Å². The Labute approximate surface area is 182 Å². The van der Waals surface area contributed by atoms with Crippen molar-refractivity contribution >= 4 is 29.4 Å². The maximum Gasteiger partial charge on any atom is 0.277 e. The predicted octanol–water partition coefficient (Wildman–Crippen LogP) is 4.94. The van der Waals surface area contributed by atoms with Crippen molar-refractivity contribution in [2.45, 2.75) is 0 Å². The number of hydrogen-bond acceptors (Lipinski definition) is 3.